The Kier molecular flexibility index (Phi) is 7.36. The molecule has 1 fully saturated rings. The third-order valence-electron chi connectivity index (χ3n) is 5.07. The predicted octanol–water partition coefficient (Wildman–Crippen LogP) is 4.29. The lowest BCUT2D eigenvalue weighted by Crippen LogP contribution is -2.35. The molecule has 0 radical (unpaired) electrons. The van der Waals surface area contributed by atoms with Gasteiger partial charge in [-0.2, -0.15) is 0 Å². The molecule has 4 rings (SSSR count). The Bertz CT molecular complexity index is 1140. The van der Waals surface area contributed by atoms with Gasteiger partial charge in [0.1, 0.15) is 16.7 Å². The highest BCUT2D eigenvalue weighted by atomic mass is 32.2. The molecule has 1 aliphatic rings. The van der Waals surface area contributed by atoms with Gasteiger partial charge in [0.25, 0.3) is 0 Å². The number of amidine groups is 1. The third kappa shape index (κ3) is 5.78. The molecule has 0 saturated carbocycles. The Morgan fingerprint density at radius 3 is 2.61 bits per heavy atom. The van der Waals surface area contributed by atoms with E-state index in [4.69, 9.17) is 9.73 Å². The van der Waals surface area contributed by atoms with Crippen molar-refractivity contribution in [3.63, 3.8) is 0 Å². The van der Waals surface area contributed by atoms with Crippen LogP contribution in [0.3, 0.4) is 0 Å². The summed E-state index contributed by atoms with van der Waals surface area (Å²) in [5.74, 6) is 0.274. The summed E-state index contributed by atoms with van der Waals surface area (Å²) in [7, 11) is 1.58. The fraction of sp³-hybridized carbons (Fsp3) is 0.200. The molecule has 3 aromatic rings. The van der Waals surface area contributed by atoms with Crippen LogP contribution in [0, 0.1) is 0 Å². The number of pyridine rings is 1. The lowest BCUT2D eigenvalue weighted by atomic mass is 10.2. The quantitative estimate of drug-likeness (QED) is 0.542. The topological polar surface area (TPSA) is 83.9 Å². The zero-order valence-corrected chi connectivity index (χ0v) is 19.0. The van der Waals surface area contributed by atoms with Crippen molar-refractivity contribution in [2.24, 2.45) is 4.99 Å². The smallest absolute Gasteiger partial charge is 0.242 e. The van der Waals surface area contributed by atoms with Gasteiger partial charge in [0.15, 0.2) is 5.17 Å². The number of rotatable bonds is 8. The summed E-state index contributed by atoms with van der Waals surface area (Å²) in [6, 6.07) is 22.3. The number of thioether (sulfide) groups is 1. The van der Waals surface area contributed by atoms with Crippen LogP contribution in [0.15, 0.2) is 84.0 Å². The minimum absolute atomic E-state index is 0.0590. The third-order valence-corrected chi connectivity index (χ3v) is 6.24. The molecular weight excluding hydrogens is 436 g/mol. The first-order chi connectivity index (χ1) is 16.1. The molecule has 1 saturated heterocycles. The van der Waals surface area contributed by atoms with Crippen molar-refractivity contribution in [3.8, 4) is 5.75 Å². The molecule has 0 bridgehead atoms. The van der Waals surface area contributed by atoms with Crippen LogP contribution >= 0.6 is 11.8 Å². The number of hydrogen-bond donors (Lipinski definition) is 1. The van der Waals surface area contributed by atoms with Gasteiger partial charge in [-0.25, -0.2) is 4.99 Å². The van der Waals surface area contributed by atoms with E-state index in [1.807, 2.05) is 72.8 Å². The molecule has 1 N–H and O–H groups in total. The number of ether oxygens (including phenoxy) is 1. The summed E-state index contributed by atoms with van der Waals surface area (Å²) in [6.45, 7) is 0.424. The van der Waals surface area contributed by atoms with Gasteiger partial charge in [-0.1, -0.05) is 48.2 Å². The summed E-state index contributed by atoms with van der Waals surface area (Å²) >= 11 is 1.30. The second-order valence-corrected chi connectivity index (χ2v) is 8.52. The Morgan fingerprint density at radius 1 is 1.09 bits per heavy atom. The standard InChI is InChI=1S/C25H24N4O3S/c1-32-21-13-6-5-12-20(21)28-25-29(16-14-18-9-7-8-15-26-18)24(31)22(33-25)17-23(30)27-19-10-3-2-4-11-19/h2-13,15,22H,14,16-17H2,1H3,(H,27,30)/t22-/m1/s1. The molecule has 2 heterocycles. The molecule has 2 amide bonds. The maximum absolute atomic E-state index is 13.3. The normalized spacial score (nSPS) is 16.8. The molecule has 0 aliphatic carbocycles. The number of aliphatic imine (C=N–C) groups is 1. The van der Waals surface area contributed by atoms with Crippen molar-refractivity contribution in [1.82, 2.24) is 9.88 Å². The van der Waals surface area contributed by atoms with Crippen molar-refractivity contribution in [2.45, 2.75) is 18.1 Å². The van der Waals surface area contributed by atoms with Gasteiger partial charge < -0.3 is 10.1 Å². The number of methoxy groups -OCH3 is 1. The van der Waals surface area contributed by atoms with Crippen LogP contribution in [0.5, 0.6) is 5.75 Å². The van der Waals surface area contributed by atoms with E-state index in [1.54, 1.807) is 18.2 Å². The van der Waals surface area contributed by atoms with Crippen LogP contribution in [0.25, 0.3) is 0 Å². The molecule has 168 valence electrons. The van der Waals surface area contributed by atoms with E-state index in [0.29, 0.717) is 35.3 Å². The van der Waals surface area contributed by atoms with Gasteiger partial charge >= 0.3 is 0 Å². The fourth-order valence-electron chi connectivity index (χ4n) is 3.43. The number of nitrogens with one attached hydrogen (secondary N) is 1. The van der Waals surface area contributed by atoms with Crippen LogP contribution < -0.4 is 10.1 Å². The highest BCUT2D eigenvalue weighted by Crippen LogP contribution is 2.34. The molecular formula is C25H24N4O3S. The number of carbonyl (C=O) groups excluding carboxylic acids is 2. The predicted molar refractivity (Wildman–Crippen MR) is 131 cm³/mol. The SMILES string of the molecule is COc1ccccc1N=C1S[C@H](CC(=O)Nc2ccccc2)C(=O)N1CCc1ccccn1. The van der Waals surface area contributed by atoms with Gasteiger partial charge in [0.2, 0.25) is 11.8 Å². The van der Waals surface area contributed by atoms with Crippen molar-refractivity contribution in [3.05, 3.63) is 84.7 Å². The van der Waals surface area contributed by atoms with E-state index in [2.05, 4.69) is 10.3 Å². The highest BCUT2D eigenvalue weighted by Gasteiger charge is 2.39. The molecule has 0 unspecified atom stereocenters. The van der Waals surface area contributed by atoms with Crippen molar-refractivity contribution < 1.29 is 14.3 Å². The van der Waals surface area contributed by atoms with Gasteiger partial charge in [-0.05, 0) is 36.4 Å². The average molecular weight is 461 g/mol. The number of carbonyl (C=O) groups is 2. The van der Waals surface area contributed by atoms with E-state index in [1.165, 1.54) is 11.8 Å². The maximum atomic E-state index is 13.3. The number of benzene rings is 2. The van der Waals surface area contributed by atoms with Crippen LogP contribution in [0.1, 0.15) is 12.1 Å². The van der Waals surface area contributed by atoms with E-state index < -0.39 is 5.25 Å². The first-order valence-corrected chi connectivity index (χ1v) is 11.5. The molecule has 7 nitrogen and oxygen atoms in total. The number of hydrogen-bond acceptors (Lipinski definition) is 6. The Morgan fingerprint density at radius 2 is 1.85 bits per heavy atom. The average Bonchev–Trinajstić information content (AvgIpc) is 3.13. The summed E-state index contributed by atoms with van der Waals surface area (Å²) in [5.41, 5.74) is 2.22. The van der Waals surface area contributed by atoms with Crippen molar-refractivity contribution in [1.29, 1.82) is 0 Å². The lowest BCUT2D eigenvalue weighted by molar-refractivity contribution is -0.128. The summed E-state index contributed by atoms with van der Waals surface area (Å²) in [5, 5.41) is 2.86. The molecule has 8 heteroatoms. The highest BCUT2D eigenvalue weighted by molar-refractivity contribution is 8.15. The van der Waals surface area contributed by atoms with Crippen molar-refractivity contribution in [2.75, 3.05) is 19.0 Å². The first kappa shape index (κ1) is 22.5. The summed E-state index contributed by atoms with van der Waals surface area (Å²) < 4.78 is 5.41. The first-order valence-electron chi connectivity index (χ1n) is 10.6. The van der Waals surface area contributed by atoms with Crippen molar-refractivity contribution >= 4 is 40.1 Å². The van der Waals surface area contributed by atoms with Gasteiger partial charge in [0.05, 0.1) is 7.11 Å². The second kappa shape index (κ2) is 10.8. The van der Waals surface area contributed by atoms with E-state index in [-0.39, 0.29) is 18.2 Å². The molecule has 1 aliphatic heterocycles. The van der Waals surface area contributed by atoms with E-state index >= 15 is 0 Å². The second-order valence-electron chi connectivity index (χ2n) is 7.35. The lowest BCUT2D eigenvalue weighted by Gasteiger charge is -2.16. The molecule has 33 heavy (non-hydrogen) atoms. The number of aromatic nitrogens is 1. The van der Waals surface area contributed by atoms with Crippen LogP contribution in [0.4, 0.5) is 11.4 Å². The summed E-state index contributed by atoms with van der Waals surface area (Å²) in [4.78, 5) is 36.6. The Balaban J connectivity index is 1.53. The molecule has 1 atom stereocenters. The van der Waals surface area contributed by atoms with Gasteiger partial charge in [-0.15, -0.1) is 0 Å². The monoisotopic (exact) mass is 460 g/mol. The number of para-hydroxylation sites is 3. The zero-order chi connectivity index (χ0) is 23.0. The van der Waals surface area contributed by atoms with Gasteiger partial charge in [0, 0.05) is 37.0 Å². The Hall–Kier alpha value is -3.65. The van der Waals surface area contributed by atoms with Crippen LogP contribution in [-0.4, -0.2) is 45.8 Å². The molecule has 1 aromatic heterocycles. The number of nitrogens with zero attached hydrogens (tertiary/aromatic N) is 3. The zero-order valence-electron chi connectivity index (χ0n) is 18.2. The van der Waals surface area contributed by atoms with Crippen LogP contribution in [-0.2, 0) is 16.0 Å². The number of amides is 2. The summed E-state index contributed by atoms with van der Waals surface area (Å²) in [6.07, 6.45) is 2.38. The minimum atomic E-state index is -0.550. The minimum Gasteiger partial charge on any atom is -0.494 e. The fourth-order valence-corrected chi connectivity index (χ4v) is 4.61. The molecule has 2 aromatic carbocycles. The Labute approximate surface area is 196 Å². The maximum Gasteiger partial charge on any atom is 0.242 e. The van der Waals surface area contributed by atoms with E-state index in [9.17, 15) is 9.59 Å². The largest absolute Gasteiger partial charge is 0.494 e. The van der Waals surface area contributed by atoms with Crippen LogP contribution in [0.2, 0.25) is 0 Å². The van der Waals surface area contributed by atoms with E-state index in [0.717, 1.165) is 5.69 Å². The van der Waals surface area contributed by atoms with Gasteiger partial charge in [-0.3, -0.25) is 19.5 Å². The number of anilines is 1. The molecule has 0 spiro atoms.